The maximum atomic E-state index is 11.6. The summed E-state index contributed by atoms with van der Waals surface area (Å²) in [6.45, 7) is 4.55. The van der Waals surface area contributed by atoms with Crippen LogP contribution in [0, 0.1) is 13.8 Å². The van der Waals surface area contributed by atoms with Crippen LogP contribution in [-0.2, 0) is 17.8 Å². The molecule has 0 spiro atoms. The molecule has 0 amide bonds. The highest BCUT2D eigenvalue weighted by atomic mass is 16.5. The van der Waals surface area contributed by atoms with E-state index in [0.29, 0.717) is 6.61 Å². The van der Waals surface area contributed by atoms with E-state index in [2.05, 4.69) is 17.1 Å². The lowest BCUT2D eigenvalue weighted by atomic mass is 9.99. The van der Waals surface area contributed by atoms with Crippen molar-refractivity contribution in [1.29, 1.82) is 0 Å². The molecule has 1 heterocycles. The number of aromatic amines is 1. The molecule has 0 saturated carbocycles. The van der Waals surface area contributed by atoms with Crippen LogP contribution in [0.2, 0.25) is 0 Å². The van der Waals surface area contributed by atoms with Gasteiger partial charge in [0.2, 0.25) is 0 Å². The fourth-order valence-corrected chi connectivity index (χ4v) is 3.86. The molecule has 1 aromatic heterocycles. The van der Waals surface area contributed by atoms with Crippen LogP contribution in [-0.4, -0.2) is 16.1 Å². The van der Waals surface area contributed by atoms with Gasteiger partial charge in [0.1, 0.15) is 12.4 Å². The molecule has 0 bridgehead atoms. The fraction of sp³-hybridized carbons (Fsp3) is 0.160. The van der Waals surface area contributed by atoms with Crippen LogP contribution in [0.5, 0.6) is 5.75 Å². The first-order valence-corrected chi connectivity index (χ1v) is 9.62. The third kappa shape index (κ3) is 4.02. The average molecular weight is 385 g/mol. The number of hydrogen-bond acceptors (Lipinski definition) is 2. The Morgan fingerprint density at radius 3 is 2.55 bits per heavy atom. The van der Waals surface area contributed by atoms with Gasteiger partial charge in [0.05, 0.1) is 12.1 Å². The molecule has 0 aliphatic carbocycles. The molecule has 0 radical (unpaired) electrons. The van der Waals surface area contributed by atoms with E-state index in [4.69, 9.17) is 4.74 Å². The minimum atomic E-state index is -0.844. The molecule has 29 heavy (non-hydrogen) atoms. The van der Waals surface area contributed by atoms with Crippen LogP contribution in [0.3, 0.4) is 0 Å². The van der Waals surface area contributed by atoms with Crippen molar-refractivity contribution in [2.75, 3.05) is 0 Å². The third-order valence-electron chi connectivity index (χ3n) is 5.04. The third-order valence-corrected chi connectivity index (χ3v) is 5.04. The zero-order chi connectivity index (χ0) is 20.4. The van der Waals surface area contributed by atoms with Crippen molar-refractivity contribution in [3.05, 3.63) is 89.0 Å². The highest BCUT2D eigenvalue weighted by Crippen LogP contribution is 2.35. The van der Waals surface area contributed by atoms with Crippen LogP contribution in [0.25, 0.3) is 22.2 Å². The second kappa shape index (κ2) is 7.84. The lowest BCUT2D eigenvalue weighted by Gasteiger charge is -2.09. The van der Waals surface area contributed by atoms with Gasteiger partial charge in [-0.1, -0.05) is 48.5 Å². The summed E-state index contributed by atoms with van der Waals surface area (Å²) in [6, 6.07) is 21.9. The number of fused-ring (bicyclic) bond motifs is 1. The molecule has 146 valence electrons. The van der Waals surface area contributed by atoms with Crippen molar-refractivity contribution in [2.45, 2.75) is 26.9 Å². The zero-order valence-electron chi connectivity index (χ0n) is 16.5. The van der Waals surface area contributed by atoms with Gasteiger partial charge in [-0.3, -0.25) is 4.79 Å². The van der Waals surface area contributed by atoms with Gasteiger partial charge in [0.25, 0.3) is 0 Å². The van der Waals surface area contributed by atoms with Crippen molar-refractivity contribution in [1.82, 2.24) is 4.98 Å². The van der Waals surface area contributed by atoms with E-state index in [-0.39, 0.29) is 6.42 Å². The summed E-state index contributed by atoms with van der Waals surface area (Å²) in [5.74, 6) is -0.0946. The number of H-pyrrole nitrogens is 1. The standard InChI is InChI=1S/C25H23NO3/c1-16-11-17(2)24-21(14-23(27)28)25(26-22(24)12-16)19-9-6-10-20(13-19)29-15-18-7-4-3-5-8-18/h3-13,26H,14-15H2,1-2H3,(H,27,28). The Morgan fingerprint density at radius 1 is 1.00 bits per heavy atom. The normalized spacial score (nSPS) is 11.0. The fourth-order valence-electron chi connectivity index (χ4n) is 3.86. The molecular formula is C25H23NO3. The Kier molecular flexibility index (Phi) is 5.09. The number of aryl methyl sites for hydroxylation is 2. The van der Waals surface area contributed by atoms with Crippen LogP contribution in [0.1, 0.15) is 22.3 Å². The number of ether oxygens (including phenoxy) is 1. The molecule has 2 N–H and O–H groups in total. The second-order valence-electron chi connectivity index (χ2n) is 7.36. The predicted molar refractivity (Wildman–Crippen MR) is 115 cm³/mol. The number of carbonyl (C=O) groups is 1. The van der Waals surface area contributed by atoms with Crippen molar-refractivity contribution in [3.63, 3.8) is 0 Å². The molecule has 4 nitrogen and oxygen atoms in total. The molecule has 3 aromatic carbocycles. The highest BCUT2D eigenvalue weighted by molar-refractivity contribution is 5.96. The Labute approximate surface area is 169 Å². The first-order valence-electron chi connectivity index (χ1n) is 9.62. The highest BCUT2D eigenvalue weighted by Gasteiger charge is 2.18. The van der Waals surface area contributed by atoms with Gasteiger partial charge in [-0.25, -0.2) is 0 Å². The van der Waals surface area contributed by atoms with Gasteiger partial charge in [-0.05, 0) is 54.3 Å². The summed E-state index contributed by atoms with van der Waals surface area (Å²) in [4.78, 5) is 15.0. The Morgan fingerprint density at radius 2 is 1.79 bits per heavy atom. The van der Waals surface area contributed by atoms with E-state index in [9.17, 15) is 9.90 Å². The van der Waals surface area contributed by atoms with E-state index in [1.54, 1.807) is 0 Å². The summed E-state index contributed by atoms with van der Waals surface area (Å²) >= 11 is 0. The Hall–Kier alpha value is -3.53. The van der Waals surface area contributed by atoms with Crippen LogP contribution >= 0.6 is 0 Å². The largest absolute Gasteiger partial charge is 0.489 e. The van der Waals surface area contributed by atoms with Crippen molar-refractivity contribution >= 4 is 16.9 Å². The van der Waals surface area contributed by atoms with Crippen molar-refractivity contribution < 1.29 is 14.6 Å². The number of carboxylic acid groups (broad SMARTS) is 1. The number of benzene rings is 3. The summed E-state index contributed by atoms with van der Waals surface area (Å²) < 4.78 is 5.96. The molecule has 0 aliphatic rings. The number of hydrogen-bond donors (Lipinski definition) is 2. The number of rotatable bonds is 6. The molecule has 0 unspecified atom stereocenters. The molecule has 4 heteroatoms. The molecule has 0 saturated heterocycles. The van der Waals surface area contributed by atoms with E-state index in [1.807, 2.05) is 68.4 Å². The maximum absolute atomic E-state index is 11.6. The first kappa shape index (κ1) is 18.8. The monoisotopic (exact) mass is 385 g/mol. The SMILES string of the molecule is Cc1cc(C)c2c(CC(=O)O)c(-c3cccc(OCc4ccccc4)c3)[nH]c2c1. The Bertz CT molecular complexity index is 1180. The topological polar surface area (TPSA) is 62.3 Å². The number of nitrogens with one attached hydrogen (secondary N) is 1. The summed E-state index contributed by atoms with van der Waals surface area (Å²) in [5, 5.41) is 10.5. The quantitative estimate of drug-likeness (QED) is 0.450. The van der Waals surface area contributed by atoms with Gasteiger partial charge >= 0.3 is 5.97 Å². The minimum absolute atomic E-state index is 0.0334. The average Bonchev–Trinajstić information content (AvgIpc) is 3.05. The molecule has 0 fully saturated rings. The van der Waals surface area contributed by atoms with E-state index < -0.39 is 5.97 Å². The van der Waals surface area contributed by atoms with Crippen LogP contribution < -0.4 is 4.74 Å². The smallest absolute Gasteiger partial charge is 0.307 e. The van der Waals surface area contributed by atoms with Gasteiger partial charge in [-0.15, -0.1) is 0 Å². The molecule has 4 aromatic rings. The van der Waals surface area contributed by atoms with Crippen molar-refractivity contribution in [3.8, 4) is 17.0 Å². The van der Waals surface area contributed by atoms with E-state index in [0.717, 1.165) is 50.2 Å². The van der Waals surface area contributed by atoms with Crippen LogP contribution in [0.4, 0.5) is 0 Å². The molecule has 0 aliphatic heterocycles. The minimum Gasteiger partial charge on any atom is -0.489 e. The second-order valence-corrected chi connectivity index (χ2v) is 7.36. The van der Waals surface area contributed by atoms with Crippen molar-refractivity contribution in [2.24, 2.45) is 0 Å². The molecule has 4 rings (SSSR count). The number of aliphatic carboxylic acids is 1. The molecule has 0 atom stereocenters. The van der Waals surface area contributed by atoms with E-state index in [1.165, 1.54) is 0 Å². The Balaban J connectivity index is 1.74. The summed E-state index contributed by atoms with van der Waals surface area (Å²) in [5.41, 5.74) is 6.84. The number of carboxylic acids is 1. The zero-order valence-corrected chi connectivity index (χ0v) is 16.5. The van der Waals surface area contributed by atoms with Gasteiger partial charge in [-0.2, -0.15) is 0 Å². The summed E-state index contributed by atoms with van der Waals surface area (Å²) in [7, 11) is 0. The predicted octanol–water partition coefficient (Wildman–Crippen LogP) is 5.66. The van der Waals surface area contributed by atoms with Gasteiger partial charge < -0.3 is 14.8 Å². The molecular weight excluding hydrogens is 362 g/mol. The van der Waals surface area contributed by atoms with E-state index >= 15 is 0 Å². The first-order chi connectivity index (χ1) is 14.0. The maximum Gasteiger partial charge on any atom is 0.307 e. The van der Waals surface area contributed by atoms with Gasteiger partial charge in [0.15, 0.2) is 0 Å². The summed E-state index contributed by atoms with van der Waals surface area (Å²) in [6.07, 6.45) is -0.0334. The van der Waals surface area contributed by atoms with Gasteiger partial charge in [0, 0.05) is 16.5 Å². The lowest BCUT2D eigenvalue weighted by molar-refractivity contribution is -0.136. The lowest BCUT2D eigenvalue weighted by Crippen LogP contribution is -2.01. The van der Waals surface area contributed by atoms with Crippen LogP contribution in [0.15, 0.2) is 66.7 Å². The number of aromatic nitrogens is 1.